The Morgan fingerprint density at radius 2 is 1.81 bits per heavy atom. The summed E-state index contributed by atoms with van der Waals surface area (Å²) < 4.78 is 0. The molecule has 0 heterocycles. The van der Waals surface area contributed by atoms with Crippen LogP contribution in [0.2, 0.25) is 0 Å². The van der Waals surface area contributed by atoms with Gasteiger partial charge in [-0.2, -0.15) is 0 Å². The summed E-state index contributed by atoms with van der Waals surface area (Å²) in [6.07, 6.45) is 5.76. The summed E-state index contributed by atoms with van der Waals surface area (Å²) in [5.41, 5.74) is 0. The molecule has 0 aromatic carbocycles. The van der Waals surface area contributed by atoms with Gasteiger partial charge in [-0.25, -0.2) is 0 Å². The quantitative estimate of drug-likeness (QED) is 0.346. The highest BCUT2D eigenvalue weighted by atomic mass is 16.2. The van der Waals surface area contributed by atoms with Gasteiger partial charge in [0.1, 0.15) is 0 Å². The van der Waals surface area contributed by atoms with Crippen molar-refractivity contribution in [2.24, 2.45) is 16.8 Å². The second-order valence-corrected chi connectivity index (χ2v) is 6.43. The van der Waals surface area contributed by atoms with Crippen molar-refractivity contribution in [3.8, 4) is 0 Å². The lowest BCUT2D eigenvalue weighted by Gasteiger charge is -2.18. The van der Waals surface area contributed by atoms with Crippen LogP contribution in [0.1, 0.15) is 52.9 Å². The smallest absolute Gasteiger partial charge is 0.223 e. The van der Waals surface area contributed by atoms with Crippen molar-refractivity contribution in [1.82, 2.24) is 16.0 Å². The predicted molar refractivity (Wildman–Crippen MR) is 88.4 cm³/mol. The standard InChI is InChI=1S/C16H32N4O/c1-12(2)6-5-7-13(3)20-16(17-4)19-11-10-18-15(21)14-8-9-14/h12-14H,5-11H2,1-4H3,(H,18,21)(H2,17,19,20). The maximum Gasteiger partial charge on any atom is 0.223 e. The van der Waals surface area contributed by atoms with Gasteiger partial charge in [0.15, 0.2) is 5.96 Å². The Balaban J connectivity index is 2.08. The largest absolute Gasteiger partial charge is 0.355 e. The Hall–Kier alpha value is -1.26. The molecular weight excluding hydrogens is 264 g/mol. The summed E-state index contributed by atoms with van der Waals surface area (Å²) in [5, 5.41) is 9.57. The number of guanidine groups is 1. The molecule has 1 atom stereocenters. The van der Waals surface area contributed by atoms with E-state index in [9.17, 15) is 4.79 Å². The van der Waals surface area contributed by atoms with E-state index in [0.717, 1.165) is 31.1 Å². The number of carbonyl (C=O) groups is 1. The van der Waals surface area contributed by atoms with Gasteiger partial charge < -0.3 is 16.0 Å². The summed E-state index contributed by atoms with van der Waals surface area (Å²) in [5.74, 6) is 2.06. The van der Waals surface area contributed by atoms with E-state index in [1.807, 2.05) is 0 Å². The second-order valence-electron chi connectivity index (χ2n) is 6.43. The fourth-order valence-corrected chi connectivity index (χ4v) is 2.19. The van der Waals surface area contributed by atoms with Gasteiger partial charge in [-0.15, -0.1) is 0 Å². The fraction of sp³-hybridized carbons (Fsp3) is 0.875. The van der Waals surface area contributed by atoms with Crippen LogP contribution < -0.4 is 16.0 Å². The fourth-order valence-electron chi connectivity index (χ4n) is 2.19. The average molecular weight is 296 g/mol. The molecule has 0 aliphatic heterocycles. The number of aliphatic imine (C=N–C) groups is 1. The molecule has 0 saturated heterocycles. The first kappa shape index (κ1) is 17.8. The minimum Gasteiger partial charge on any atom is -0.355 e. The Morgan fingerprint density at radius 3 is 2.38 bits per heavy atom. The molecule has 122 valence electrons. The number of carbonyl (C=O) groups excluding carboxylic acids is 1. The minimum atomic E-state index is 0.196. The highest BCUT2D eigenvalue weighted by Gasteiger charge is 2.28. The maximum atomic E-state index is 11.5. The molecule has 0 aromatic heterocycles. The molecule has 1 aliphatic rings. The van der Waals surface area contributed by atoms with Gasteiger partial charge in [0, 0.05) is 32.1 Å². The summed E-state index contributed by atoms with van der Waals surface area (Å²) in [4.78, 5) is 15.7. The Morgan fingerprint density at radius 1 is 1.14 bits per heavy atom. The Bertz CT molecular complexity index is 337. The molecule has 21 heavy (non-hydrogen) atoms. The number of nitrogens with one attached hydrogen (secondary N) is 3. The molecule has 5 heteroatoms. The van der Waals surface area contributed by atoms with Gasteiger partial charge in [-0.05, 0) is 32.1 Å². The Labute approximate surface area is 129 Å². The lowest BCUT2D eigenvalue weighted by molar-refractivity contribution is -0.122. The lowest BCUT2D eigenvalue weighted by atomic mass is 10.0. The number of nitrogens with zero attached hydrogens (tertiary/aromatic N) is 1. The van der Waals surface area contributed by atoms with Crippen molar-refractivity contribution >= 4 is 11.9 Å². The van der Waals surface area contributed by atoms with Crippen LogP contribution in [0.3, 0.4) is 0 Å². The summed E-state index contributed by atoms with van der Waals surface area (Å²) in [7, 11) is 1.78. The first-order chi connectivity index (χ1) is 10.0. The van der Waals surface area contributed by atoms with E-state index in [-0.39, 0.29) is 11.8 Å². The third kappa shape index (κ3) is 8.58. The lowest BCUT2D eigenvalue weighted by Crippen LogP contribution is -2.45. The van der Waals surface area contributed by atoms with E-state index in [1.165, 1.54) is 12.8 Å². The van der Waals surface area contributed by atoms with Crippen molar-refractivity contribution in [2.45, 2.75) is 58.9 Å². The third-order valence-corrected chi connectivity index (χ3v) is 3.69. The van der Waals surface area contributed by atoms with Crippen molar-refractivity contribution < 1.29 is 4.79 Å². The van der Waals surface area contributed by atoms with Gasteiger partial charge in [0.2, 0.25) is 5.91 Å². The van der Waals surface area contributed by atoms with Gasteiger partial charge in [0.25, 0.3) is 0 Å². The predicted octanol–water partition coefficient (Wildman–Crippen LogP) is 1.89. The van der Waals surface area contributed by atoms with E-state index in [2.05, 4.69) is 41.7 Å². The maximum absolute atomic E-state index is 11.5. The first-order valence-corrected chi connectivity index (χ1v) is 8.27. The van der Waals surface area contributed by atoms with Crippen LogP contribution in [-0.4, -0.2) is 38.0 Å². The van der Waals surface area contributed by atoms with Gasteiger partial charge >= 0.3 is 0 Å². The summed E-state index contributed by atoms with van der Waals surface area (Å²) >= 11 is 0. The molecule has 5 nitrogen and oxygen atoms in total. The molecule has 0 bridgehead atoms. The normalized spacial score (nSPS) is 16.7. The van der Waals surface area contributed by atoms with Gasteiger partial charge in [0.05, 0.1) is 0 Å². The molecule has 1 amide bonds. The second kappa shape index (κ2) is 9.64. The van der Waals surface area contributed by atoms with Crippen molar-refractivity contribution in [3.63, 3.8) is 0 Å². The first-order valence-electron chi connectivity index (χ1n) is 8.27. The molecule has 1 saturated carbocycles. The van der Waals surface area contributed by atoms with E-state index in [1.54, 1.807) is 7.05 Å². The molecule has 0 aromatic rings. The zero-order chi connectivity index (χ0) is 15.7. The van der Waals surface area contributed by atoms with Crippen LogP contribution in [0.5, 0.6) is 0 Å². The summed E-state index contributed by atoms with van der Waals surface area (Å²) in [6, 6.07) is 0.413. The summed E-state index contributed by atoms with van der Waals surface area (Å²) in [6.45, 7) is 8.06. The van der Waals surface area contributed by atoms with Crippen molar-refractivity contribution in [2.75, 3.05) is 20.1 Å². The zero-order valence-electron chi connectivity index (χ0n) is 14.0. The van der Waals surface area contributed by atoms with Crippen LogP contribution in [0, 0.1) is 11.8 Å². The molecule has 0 spiro atoms. The van der Waals surface area contributed by atoms with E-state index in [4.69, 9.17) is 0 Å². The van der Waals surface area contributed by atoms with Crippen molar-refractivity contribution in [1.29, 1.82) is 0 Å². The van der Waals surface area contributed by atoms with Crippen molar-refractivity contribution in [3.05, 3.63) is 0 Å². The van der Waals surface area contributed by atoms with E-state index in [0.29, 0.717) is 19.1 Å². The third-order valence-electron chi connectivity index (χ3n) is 3.69. The molecule has 1 rings (SSSR count). The molecule has 0 radical (unpaired) electrons. The SMILES string of the molecule is CN=C(NCCNC(=O)C1CC1)NC(C)CCCC(C)C. The van der Waals surface area contributed by atoms with Crippen LogP contribution in [0.4, 0.5) is 0 Å². The highest BCUT2D eigenvalue weighted by Crippen LogP contribution is 2.28. The number of amides is 1. The van der Waals surface area contributed by atoms with Crippen LogP contribution in [0.15, 0.2) is 4.99 Å². The Kier molecular flexibility index (Phi) is 8.16. The minimum absolute atomic E-state index is 0.196. The van der Waals surface area contributed by atoms with E-state index >= 15 is 0 Å². The molecule has 3 N–H and O–H groups in total. The average Bonchev–Trinajstić information content (AvgIpc) is 3.25. The van der Waals surface area contributed by atoms with Crippen LogP contribution >= 0.6 is 0 Å². The zero-order valence-corrected chi connectivity index (χ0v) is 14.0. The topological polar surface area (TPSA) is 65.5 Å². The molecule has 1 unspecified atom stereocenters. The van der Waals surface area contributed by atoms with Gasteiger partial charge in [-0.1, -0.05) is 26.7 Å². The molecular formula is C16H32N4O. The van der Waals surface area contributed by atoms with E-state index < -0.39 is 0 Å². The van der Waals surface area contributed by atoms with Crippen LogP contribution in [-0.2, 0) is 4.79 Å². The number of rotatable bonds is 9. The van der Waals surface area contributed by atoms with Gasteiger partial charge in [-0.3, -0.25) is 9.79 Å². The molecule has 1 aliphatic carbocycles. The number of hydrogen-bond donors (Lipinski definition) is 3. The van der Waals surface area contributed by atoms with Crippen LogP contribution in [0.25, 0.3) is 0 Å². The highest BCUT2D eigenvalue weighted by molar-refractivity contribution is 5.81. The molecule has 1 fully saturated rings. The monoisotopic (exact) mass is 296 g/mol. The number of hydrogen-bond acceptors (Lipinski definition) is 2.